The van der Waals surface area contributed by atoms with E-state index in [0.717, 1.165) is 43.6 Å². The van der Waals surface area contributed by atoms with Gasteiger partial charge in [0.15, 0.2) is 5.78 Å². The fourth-order valence-electron chi connectivity index (χ4n) is 2.60. The van der Waals surface area contributed by atoms with E-state index in [1.165, 1.54) is 0 Å². The van der Waals surface area contributed by atoms with Crippen LogP contribution in [0.15, 0.2) is 11.3 Å². The third kappa shape index (κ3) is 1.67. The average Bonchev–Trinajstić information content (AvgIpc) is 2.34. The molecule has 0 aromatic rings. The van der Waals surface area contributed by atoms with Crippen molar-refractivity contribution in [3.63, 3.8) is 0 Å². The number of Topliss-reactive ketones (excluding diaryl/α,β-unsaturated/α-hetero) is 1. The predicted octanol–water partition coefficient (Wildman–Crippen LogP) is 2.46. The van der Waals surface area contributed by atoms with Gasteiger partial charge in [-0.2, -0.15) is 0 Å². The summed E-state index contributed by atoms with van der Waals surface area (Å²) in [6, 6.07) is 0. The largest absolute Gasteiger partial charge is 0.496 e. The smallest absolute Gasteiger partial charge is 0.175 e. The Hall–Kier alpha value is -0.830. The lowest BCUT2D eigenvalue weighted by molar-refractivity contribution is -0.136. The van der Waals surface area contributed by atoms with Crippen molar-refractivity contribution in [3.8, 4) is 0 Å². The van der Waals surface area contributed by atoms with E-state index in [1.54, 1.807) is 0 Å². The zero-order valence-corrected chi connectivity index (χ0v) is 10.2. The molecule has 0 amide bonds. The van der Waals surface area contributed by atoms with E-state index in [0.29, 0.717) is 13.2 Å². The number of rotatable bonds is 4. The molecule has 1 aliphatic heterocycles. The Morgan fingerprint density at radius 2 is 2.06 bits per heavy atom. The van der Waals surface area contributed by atoms with Crippen LogP contribution in [0.4, 0.5) is 0 Å². The normalized spacial score (nSPS) is 23.5. The van der Waals surface area contributed by atoms with Crippen molar-refractivity contribution in [1.29, 1.82) is 0 Å². The first kappa shape index (κ1) is 11.6. The molecule has 0 atom stereocenters. The van der Waals surface area contributed by atoms with Crippen LogP contribution in [0.5, 0.6) is 0 Å². The number of hydrogen-bond donors (Lipinski definition) is 0. The highest BCUT2D eigenvalue weighted by Crippen LogP contribution is 2.50. The molecule has 1 fully saturated rings. The lowest BCUT2D eigenvalue weighted by atomic mass is 9.63. The summed E-state index contributed by atoms with van der Waals surface area (Å²) in [5.74, 6) is 1.23. The topological polar surface area (TPSA) is 35.5 Å². The number of carbonyl (C=O) groups is 1. The fraction of sp³-hybridized carbons (Fsp3) is 0.769. The third-order valence-electron chi connectivity index (χ3n) is 3.64. The maximum absolute atomic E-state index is 12.0. The molecule has 3 heteroatoms. The first-order valence-electron chi connectivity index (χ1n) is 6.19. The van der Waals surface area contributed by atoms with Crippen LogP contribution in [0.25, 0.3) is 0 Å². The van der Waals surface area contributed by atoms with Gasteiger partial charge in [0.1, 0.15) is 5.76 Å². The Kier molecular flexibility index (Phi) is 3.33. The summed E-state index contributed by atoms with van der Waals surface area (Å²) in [6.45, 7) is 6.11. The first-order chi connectivity index (χ1) is 7.72. The standard InChI is InChI=1S/C13H20O3/c1-3-4-7-16-12-10(2)11(14)13(12)5-8-15-9-6-13/h3-9H2,1-2H3. The highest BCUT2D eigenvalue weighted by molar-refractivity contribution is 6.08. The summed E-state index contributed by atoms with van der Waals surface area (Å²) in [5, 5.41) is 0. The van der Waals surface area contributed by atoms with Gasteiger partial charge in [-0.05, 0) is 26.2 Å². The van der Waals surface area contributed by atoms with Crippen molar-refractivity contribution in [2.45, 2.75) is 39.5 Å². The van der Waals surface area contributed by atoms with E-state index >= 15 is 0 Å². The van der Waals surface area contributed by atoms with Crippen LogP contribution in [0, 0.1) is 5.41 Å². The van der Waals surface area contributed by atoms with Crippen molar-refractivity contribution >= 4 is 5.78 Å². The molecule has 0 bridgehead atoms. The average molecular weight is 224 g/mol. The number of allylic oxidation sites excluding steroid dienone is 2. The van der Waals surface area contributed by atoms with Gasteiger partial charge in [-0.25, -0.2) is 0 Å². The summed E-state index contributed by atoms with van der Waals surface area (Å²) in [4.78, 5) is 12.0. The van der Waals surface area contributed by atoms with Crippen LogP contribution in [0.2, 0.25) is 0 Å². The lowest BCUT2D eigenvalue weighted by Crippen LogP contribution is -2.48. The number of carbonyl (C=O) groups excluding carboxylic acids is 1. The molecule has 0 radical (unpaired) electrons. The van der Waals surface area contributed by atoms with Crippen LogP contribution >= 0.6 is 0 Å². The molecule has 0 unspecified atom stereocenters. The van der Waals surface area contributed by atoms with Crippen LogP contribution in [-0.4, -0.2) is 25.6 Å². The summed E-state index contributed by atoms with van der Waals surface area (Å²) in [6.07, 6.45) is 3.77. The van der Waals surface area contributed by atoms with Crippen molar-refractivity contribution in [2.24, 2.45) is 5.41 Å². The van der Waals surface area contributed by atoms with Crippen LogP contribution in [0.3, 0.4) is 0 Å². The second kappa shape index (κ2) is 4.58. The SMILES string of the molecule is CCCCOC1=C(C)C(=O)C12CCOCC2. The van der Waals surface area contributed by atoms with Crippen molar-refractivity contribution < 1.29 is 14.3 Å². The Bertz CT molecular complexity index is 311. The van der Waals surface area contributed by atoms with E-state index in [-0.39, 0.29) is 11.2 Å². The van der Waals surface area contributed by atoms with E-state index < -0.39 is 0 Å². The van der Waals surface area contributed by atoms with Crippen LogP contribution in [0.1, 0.15) is 39.5 Å². The van der Waals surface area contributed by atoms with E-state index in [2.05, 4.69) is 6.92 Å². The molecule has 16 heavy (non-hydrogen) atoms. The summed E-state index contributed by atoms with van der Waals surface area (Å²) < 4.78 is 11.1. The molecular weight excluding hydrogens is 204 g/mol. The van der Waals surface area contributed by atoms with Crippen LogP contribution < -0.4 is 0 Å². The quantitative estimate of drug-likeness (QED) is 0.688. The minimum Gasteiger partial charge on any atom is -0.496 e. The van der Waals surface area contributed by atoms with Crippen molar-refractivity contribution in [3.05, 3.63) is 11.3 Å². The molecule has 2 aliphatic rings. The van der Waals surface area contributed by atoms with Gasteiger partial charge in [0, 0.05) is 18.8 Å². The molecule has 1 heterocycles. The number of ether oxygens (including phenoxy) is 2. The highest BCUT2D eigenvalue weighted by Gasteiger charge is 2.54. The molecule has 0 N–H and O–H groups in total. The van der Waals surface area contributed by atoms with Crippen LogP contribution in [-0.2, 0) is 14.3 Å². The Labute approximate surface area is 96.8 Å². The number of hydrogen-bond acceptors (Lipinski definition) is 3. The number of ketones is 1. The molecule has 1 aliphatic carbocycles. The number of unbranched alkanes of at least 4 members (excludes halogenated alkanes) is 1. The Balaban J connectivity index is 2.06. The molecule has 0 saturated carbocycles. The molecular formula is C13H20O3. The minimum atomic E-state index is -0.309. The van der Waals surface area contributed by atoms with Gasteiger partial charge in [0.2, 0.25) is 0 Å². The lowest BCUT2D eigenvalue weighted by Gasteiger charge is -2.44. The summed E-state index contributed by atoms with van der Waals surface area (Å²) in [7, 11) is 0. The molecule has 2 rings (SSSR count). The van der Waals surface area contributed by atoms with Gasteiger partial charge in [-0.1, -0.05) is 13.3 Å². The van der Waals surface area contributed by atoms with Crippen molar-refractivity contribution in [1.82, 2.24) is 0 Å². The molecule has 1 spiro atoms. The van der Waals surface area contributed by atoms with Gasteiger partial charge >= 0.3 is 0 Å². The van der Waals surface area contributed by atoms with Gasteiger partial charge < -0.3 is 9.47 Å². The fourth-order valence-corrected chi connectivity index (χ4v) is 2.60. The summed E-state index contributed by atoms with van der Waals surface area (Å²) >= 11 is 0. The first-order valence-corrected chi connectivity index (χ1v) is 6.19. The van der Waals surface area contributed by atoms with Crippen molar-refractivity contribution in [2.75, 3.05) is 19.8 Å². The van der Waals surface area contributed by atoms with Gasteiger partial charge in [-0.3, -0.25) is 4.79 Å². The maximum atomic E-state index is 12.0. The second-order valence-electron chi connectivity index (χ2n) is 4.68. The van der Waals surface area contributed by atoms with Gasteiger partial charge in [0.05, 0.1) is 12.0 Å². The molecule has 0 aromatic heterocycles. The Morgan fingerprint density at radius 3 is 2.69 bits per heavy atom. The summed E-state index contributed by atoms with van der Waals surface area (Å²) in [5.41, 5.74) is 0.522. The maximum Gasteiger partial charge on any atom is 0.175 e. The minimum absolute atomic E-state index is 0.280. The van der Waals surface area contributed by atoms with Gasteiger partial charge in [0.25, 0.3) is 0 Å². The van der Waals surface area contributed by atoms with E-state index in [9.17, 15) is 4.79 Å². The van der Waals surface area contributed by atoms with E-state index in [1.807, 2.05) is 6.92 Å². The van der Waals surface area contributed by atoms with Gasteiger partial charge in [-0.15, -0.1) is 0 Å². The third-order valence-corrected chi connectivity index (χ3v) is 3.64. The second-order valence-corrected chi connectivity index (χ2v) is 4.68. The monoisotopic (exact) mass is 224 g/mol. The molecule has 0 aromatic carbocycles. The predicted molar refractivity (Wildman–Crippen MR) is 61.1 cm³/mol. The molecule has 90 valence electrons. The molecule has 1 saturated heterocycles. The molecule has 3 nitrogen and oxygen atoms in total. The highest BCUT2D eigenvalue weighted by atomic mass is 16.5. The van der Waals surface area contributed by atoms with E-state index in [4.69, 9.17) is 9.47 Å². The Morgan fingerprint density at radius 1 is 1.38 bits per heavy atom. The zero-order chi connectivity index (χ0) is 11.6. The zero-order valence-electron chi connectivity index (χ0n) is 10.2.